The third-order valence-electron chi connectivity index (χ3n) is 5.26. The van der Waals surface area contributed by atoms with E-state index in [9.17, 15) is 4.79 Å². The first-order chi connectivity index (χ1) is 12.7. The number of nitrogens with one attached hydrogen (secondary N) is 1. The van der Waals surface area contributed by atoms with Crippen molar-refractivity contribution in [3.05, 3.63) is 66.2 Å². The van der Waals surface area contributed by atoms with Crippen molar-refractivity contribution in [1.82, 2.24) is 5.32 Å². The number of carbonyl (C=O) groups excluding carboxylic acids is 1. The molecule has 1 aliphatic rings. The zero-order valence-corrected chi connectivity index (χ0v) is 15.5. The minimum Gasteiger partial charge on any atom is -0.381 e. The molecule has 0 unspecified atom stereocenters. The van der Waals surface area contributed by atoms with Gasteiger partial charge in [-0.2, -0.15) is 0 Å². The SMILES string of the molecule is CN(CCCNC(=O)C1(c2ccccc2)CCOCC1)c1ccccc1. The summed E-state index contributed by atoms with van der Waals surface area (Å²) in [7, 11) is 2.08. The van der Waals surface area contributed by atoms with Gasteiger partial charge in [0.25, 0.3) is 0 Å². The second-order valence-corrected chi connectivity index (χ2v) is 6.93. The zero-order valence-electron chi connectivity index (χ0n) is 15.5. The fourth-order valence-electron chi connectivity index (χ4n) is 3.62. The van der Waals surface area contributed by atoms with E-state index in [-0.39, 0.29) is 5.91 Å². The number of carbonyl (C=O) groups is 1. The van der Waals surface area contributed by atoms with Crippen LogP contribution in [0.1, 0.15) is 24.8 Å². The molecule has 0 radical (unpaired) electrons. The zero-order chi connectivity index (χ0) is 18.2. The molecule has 4 heteroatoms. The largest absolute Gasteiger partial charge is 0.381 e. The van der Waals surface area contributed by atoms with E-state index in [0.717, 1.165) is 31.4 Å². The average molecular weight is 352 g/mol. The summed E-state index contributed by atoms with van der Waals surface area (Å²) in [5, 5.41) is 3.18. The number of hydrogen-bond acceptors (Lipinski definition) is 3. The van der Waals surface area contributed by atoms with Gasteiger partial charge in [-0.15, -0.1) is 0 Å². The van der Waals surface area contributed by atoms with Crippen LogP contribution >= 0.6 is 0 Å². The van der Waals surface area contributed by atoms with Crippen LogP contribution in [0.25, 0.3) is 0 Å². The Balaban J connectivity index is 1.55. The number of benzene rings is 2. The van der Waals surface area contributed by atoms with Gasteiger partial charge in [-0.05, 0) is 37.0 Å². The molecule has 4 nitrogen and oxygen atoms in total. The Morgan fingerprint density at radius 3 is 2.31 bits per heavy atom. The normalized spacial score (nSPS) is 16.0. The van der Waals surface area contributed by atoms with Crippen LogP contribution in [0.15, 0.2) is 60.7 Å². The summed E-state index contributed by atoms with van der Waals surface area (Å²) in [5.74, 6) is 0.134. The number of anilines is 1. The van der Waals surface area contributed by atoms with Crippen molar-refractivity contribution in [1.29, 1.82) is 0 Å². The van der Waals surface area contributed by atoms with Crippen LogP contribution in [-0.4, -0.2) is 39.3 Å². The lowest BCUT2D eigenvalue weighted by atomic mass is 9.73. The van der Waals surface area contributed by atoms with Gasteiger partial charge in [0.2, 0.25) is 5.91 Å². The van der Waals surface area contributed by atoms with E-state index in [2.05, 4.69) is 41.5 Å². The van der Waals surface area contributed by atoms with Gasteiger partial charge in [-0.1, -0.05) is 48.5 Å². The number of rotatable bonds is 7. The predicted octanol–water partition coefficient (Wildman–Crippen LogP) is 3.38. The number of ether oxygens (including phenoxy) is 1. The molecule has 1 fully saturated rings. The van der Waals surface area contributed by atoms with Gasteiger partial charge in [0.05, 0.1) is 5.41 Å². The third-order valence-corrected chi connectivity index (χ3v) is 5.26. The second kappa shape index (κ2) is 8.86. The maximum atomic E-state index is 13.1. The second-order valence-electron chi connectivity index (χ2n) is 6.93. The summed E-state index contributed by atoms with van der Waals surface area (Å²) in [5.41, 5.74) is 1.84. The molecule has 0 aliphatic carbocycles. The Kier molecular flexibility index (Phi) is 6.29. The van der Waals surface area contributed by atoms with Gasteiger partial charge in [0.15, 0.2) is 0 Å². The number of hydrogen-bond donors (Lipinski definition) is 1. The van der Waals surface area contributed by atoms with E-state index in [4.69, 9.17) is 4.74 Å². The molecule has 26 heavy (non-hydrogen) atoms. The molecule has 138 valence electrons. The van der Waals surface area contributed by atoms with Crippen molar-refractivity contribution in [2.24, 2.45) is 0 Å². The van der Waals surface area contributed by atoms with Crippen LogP contribution in [0, 0.1) is 0 Å². The first kappa shape index (κ1) is 18.5. The van der Waals surface area contributed by atoms with E-state index in [1.54, 1.807) is 0 Å². The maximum absolute atomic E-state index is 13.1. The fraction of sp³-hybridized carbons (Fsp3) is 0.409. The smallest absolute Gasteiger partial charge is 0.230 e. The van der Waals surface area contributed by atoms with Crippen LogP contribution < -0.4 is 10.2 Å². The average Bonchev–Trinajstić information content (AvgIpc) is 2.72. The van der Waals surface area contributed by atoms with Gasteiger partial charge in [-0.25, -0.2) is 0 Å². The quantitative estimate of drug-likeness (QED) is 0.777. The van der Waals surface area contributed by atoms with Gasteiger partial charge in [0.1, 0.15) is 0 Å². The monoisotopic (exact) mass is 352 g/mol. The third kappa shape index (κ3) is 4.25. The summed E-state index contributed by atoms with van der Waals surface area (Å²) in [6.07, 6.45) is 2.40. The lowest BCUT2D eigenvalue weighted by Crippen LogP contribution is -2.48. The topological polar surface area (TPSA) is 41.6 Å². The molecule has 0 aromatic heterocycles. The highest BCUT2D eigenvalue weighted by Crippen LogP contribution is 2.35. The molecule has 1 heterocycles. The Morgan fingerprint density at radius 1 is 1.04 bits per heavy atom. The molecule has 3 rings (SSSR count). The summed E-state index contributed by atoms with van der Waals surface area (Å²) in [6, 6.07) is 20.5. The van der Waals surface area contributed by atoms with Crippen molar-refractivity contribution in [2.75, 3.05) is 38.3 Å². The van der Waals surface area contributed by atoms with Crippen molar-refractivity contribution in [3.63, 3.8) is 0 Å². The van der Waals surface area contributed by atoms with Crippen molar-refractivity contribution in [2.45, 2.75) is 24.7 Å². The molecule has 1 aliphatic heterocycles. The minimum absolute atomic E-state index is 0.134. The Bertz CT molecular complexity index is 682. The molecule has 1 saturated heterocycles. The summed E-state index contributed by atoms with van der Waals surface area (Å²) >= 11 is 0. The standard InChI is InChI=1S/C22H28N2O2/c1-24(20-11-6-3-7-12-20)16-8-15-23-21(25)22(13-17-26-18-14-22)19-9-4-2-5-10-19/h2-7,9-12H,8,13-18H2,1H3,(H,23,25). The Labute approximate surface area is 156 Å². The molecular formula is C22H28N2O2. The van der Waals surface area contributed by atoms with Crippen LogP contribution in [0.4, 0.5) is 5.69 Å². The van der Waals surface area contributed by atoms with Crippen molar-refractivity contribution >= 4 is 11.6 Å². The van der Waals surface area contributed by atoms with Crippen LogP contribution in [-0.2, 0) is 14.9 Å². The van der Waals surface area contributed by atoms with E-state index in [1.807, 2.05) is 36.4 Å². The number of para-hydroxylation sites is 1. The fourth-order valence-corrected chi connectivity index (χ4v) is 3.62. The van der Waals surface area contributed by atoms with E-state index >= 15 is 0 Å². The van der Waals surface area contributed by atoms with Crippen LogP contribution in [0.3, 0.4) is 0 Å². The summed E-state index contributed by atoms with van der Waals surface area (Å²) in [4.78, 5) is 15.3. The first-order valence-corrected chi connectivity index (χ1v) is 9.40. The predicted molar refractivity (Wildman–Crippen MR) is 106 cm³/mol. The van der Waals surface area contributed by atoms with Crippen molar-refractivity contribution in [3.8, 4) is 0 Å². The Morgan fingerprint density at radius 2 is 1.65 bits per heavy atom. The molecule has 2 aromatic rings. The lowest BCUT2D eigenvalue weighted by molar-refractivity contribution is -0.130. The Hall–Kier alpha value is -2.33. The molecule has 0 bridgehead atoms. The van der Waals surface area contributed by atoms with Gasteiger partial charge >= 0.3 is 0 Å². The van der Waals surface area contributed by atoms with Gasteiger partial charge in [0, 0.05) is 39.0 Å². The van der Waals surface area contributed by atoms with Crippen LogP contribution in [0.5, 0.6) is 0 Å². The van der Waals surface area contributed by atoms with E-state index in [1.165, 1.54) is 5.69 Å². The molecule has 1 N–H and O–H groups in total. The molecule has 2 aromatic carbocycles. The lowest BCUT2D eigenvalue weighted by Gasteiger charge is -2.36. The van der Waals surface area contributed by atoms with E-state index < -0.39 is 5.41 Å². The van der Waals surface area contributed by atoms with Gasteiger partial charge < -0.3 is 15.0 Å². The molecule has 0 atom stereocenters. The number of amides is 1. The minimum atomic E-state index is -0.454. The first-order valence-electron chi connectivity index (χ1n) is 9.40. The molecular weight excluding hydrogens is 324 g/mol. The molecule has 0 saturated carbocycles. The van der Waals surface area contributed by atoms with Gasteiger partial charge in [-0.3, -0.25) is 4.79 Å². The summed E-state index contributed by atoms with van der Waals surface area (Å²) < 4.78 is 5.52. The molecule has 0 spiro atoms. The highest BCUT2D eigenvalue weighted by molar-refractivity contribution is 5.88. The van der Waals surface area contributed by atoms with Crippen LogP contribution in [0.2, 0.25) is 0 Å². The highest BCUT2D eigenvalue weighted by atomic mass is 16.5. The molecule has 1 amide bonds. The maximum Gasteiger partial charge on any atom is 0.230 e. The summed E-state index contributed by atoms with van der Waals surface area (Å²) in [6.45, 7) is 2.87. The van der Waals surface area contributed by atoms with E-state index in [0.29, 0.717) is 19.8 Å². The van der Waals surface area contributed by atoms with Crippen molar-refractivity contribution < 1.29 is 9.53 Å². The highest BCUT2D eigenvalue weighted by Gasteiger charge is 2.41. The number of nitrogens with zero attached hydrogens (tertiary/aromatic N) is 1.